The molecule has 0 amide bonds. The molecule has 2 nitrogen and oxygen atoms in total. The lowest BCUT2D eigenvalue weighted by molar-refractivity contribution is 0.152. The highest BCUT2D eigenvalue weighted by Gasteiger charge is 2.06. The lowest BCUT2D eigenvalue weighted by Crippen LogP contribution is -1.98. The van der Waals surface area contributed by atoms with Gasteiger partial charge in [0.25, 0.3) is 0 Å². The first-order valence-corrected chi connectivity index (χ1v) is 5.07. The van der Waals surface area contributed by atoms with E-state index < -0.39 is 6.10 Å². The molecule has 0 bridgehead atoms. The number of aliphatic hydroxyl groups excluding tert-OH is 2. The summed E-state index contributed by atoms with van der Waals surface area (Å²) in [5.41, 5.74) is 0.892. The van der Waals surface area contributed by atoms with Crippen LogP contribution in [0.3, 0.4) is 0 Å². The van der Waals surface area contributed by atoms with Gasteiger partial charge in [0.2, 0.25) is 0 Å². The molecule has 0 saturated carbocycles. The third kappa shape index (κ3) is 3.46. The molecule has 1 rings (SSSR count). The third-order valence-corrected chi connectivity index (χ3v) is 2.36. The Labute approximate surface area is 86.3 Å². The molecule has 0 aliphatic rings. The molecule has 0 aromatic heterocycles. The Morgan fingerprint density at radius 1 is 1.38 bits per heavy atom. The topological polar surface area (TPSA) is 40.5 Å². The van der Waals surface area contributed by atoms with Crippen molar-refractivity contribution in [3.63, 3.8) is 0 Å². The molecule has 0 heterocycles. The van der Waals surface area contributed by atoms with Crippen LogP contribution >= 0.6 is 15.9 Å². The predicted octanol–water partition coefficient (Wildman–Crippen LogP) is 2.25. The van der Waals surface area contributed by atoms with Crippen LogP contribution in [-0.4, -0.2) is 16.8 Å². The molecular formula is C10H13BrO2. The Morgan fingerprint density at radius 3 is 2.77 bits per heavy atom. The normalized spacial score (nSPS) is 12.8. The van der Waals surface area contributed by atoms with Crippen molar-refractivity contribution in [1.82, 2.24) is 0 Å². The minimum absolute atomic E-state index is 0.130. The van der Waals surface area contributed by atoms with Crippen molar-refractivity contribution < 1.29 is 10.2 Å². The molecule has 0 aliphatic heterocycles. The van der Waals surface area contributed by atoms with Gasteiger partial charge in [-0.15, -0.1) is 0 Å². The Bertz CT molecular complexity index is 263. The second-order valence-corrected chi connectivity index (χ2v) is 3.85. The van der Waals surface area contributed by atoms with Crippen LogP contribution in [0.2, 0.25) is 0 Å². The average Bonchev–Trinajstić information content (AvgIpc) is 2.14. The first-order chi connectivity index (χ1) is 6.24. The van der Waals surface area contributed by atoms with E-state index in [0.29, 0.717) is 12.8 Å². The number of hydrogen-bond acceptors (Lipinski definition) is 2. The summed E-state index contributed by atoms with van der Waals surface area (Å²) in [7, 11) is 0. The van der Waals surface area contributed by atoms with Crippen molar-refractivity contribution in [2.75, 3.05) is 6.61 Å². The monoisotopic (exact) mass is 244 g/mol. The van der Waals surface area contributed by atoms with E-state index in [1.165, 1.54) is 0 Å². The Hall–Kier alpha value is -0.380. The molecule has 0 aliphatic carbocycles. The van der Waals surface area contributed by atoms with Crippen molar-refractivity contribution >= 4 is 15.9 Å². The molecular weight excluding hydrogens is 232 g/mol. The van der Waals surface area contributed by atoms with Gasteiger partial charge in [-0.3, -0.25) is 0 Å². The summed E-state index contributed by atoms with van der Waals surface area (Å²) < 4.78 is 0.966. The Kier molecular flexibility index (Phi) is 4.42. The zero-order chi connectivity index (χ0) is 9.68. The first kappa shape index (κ1) is 10.7. The Balaban J connectivity index is 2.60. The molecule has 0 spiro atoms. The van der Waals surface area contributed by atoms with Gasteiger partial charge in [0.15, 0.2) is 0 Å². The fourth-order valence-electron chi connectivity index (χ4n) is 1.17. The van der Waals surface area contributed by atoms with Crippen LogP contribution in [0.5, 0.6) is 0 Å². The van der Waals surface area contributed by atoms with Crippen LogP contribution in [0.15, 0.2) is 28.7 Å². The molecule has 2 N–H and O–H groups in total. The molecule has 0 saturated heterocycles. The molecule has 1 aromatic carbocycles. The van der Waals surface area contributed by atoms with Crippen LogP contribution in [0.1, 0.15) is 24.5 Å². The van der Waals surface area contributed by atoms with E-state index in [1.54, 1.807) is 0 Å². The fraction of sp³-hybridized carbons (Fsp3) is 0.400. The predicted molar refractivity (Wildman–Crippen MR) is 55.4 cm³/mol. The second kappa shape index (κ2) is 5.37. The summed E-state index contributed by atoms with van der Waals surface area (Å²) in [6.07, 6.45) is 0.769. The van der Waals surface area contributed by atoms with Crippen molar-refractivity contribution in [1.29, 1.82) is 0 Å². The summed E-state index contributed by atoms with van der Waals surface area (Å²) in [5.74, 6) is 0. The Morgan fingerprint density at radius 2 is 2.15 bits per heavy atom. The molecule has 0 radical (unpaired) electrons. The smallest absolute Gasteiger partial charge is 0.0791 e. The maximum atomic E-state index is 9.64. The van der Waals surface area contributed by atoms with Crippen LogP contribution in [-0.2, 0) is 0 Å². The zero-order valence-corrected chi connectivity index (χ0v) is 8.87. The lowest BCUT2D eigenvalue weighted by Gasteiger charge is -2.09. The lowest BCUT2D eigenvalue weighted by atomic mass is 10.1. The largest absolute Gasteiger partial charge is 0.396 e. The quantitative estimate of drug-likeness (QED) is 0.854. The summed E-state index contributed by atoms with van der Waals surface area (Å²) >= 11 is 3.34. The number of aliphatic hydroxyl groups is 2. The molecule has 1 aromatic rings. The van der Waals surface area contributed by atoms with Crippen molar-refractivity contribution in [2.24, 2.45) is 0 Å². The van der Waals surface area contributed by atoms with Crippen molar-refractivity contribution in [3.8, 4) is 0 Å². The summed E-state index contributed by atoms with van der Waals surface area (Å²) in [6, 6.07) is 7.58. The van der Waals surface area contributed by atoms with E-state index in [0.717, 1.165) is 10.0 Å². The van der Waals surface area contributed by atoms with Gasteiger partial charge in [0.05, 0.1) is 6.10 Å². The number of benzene rings is 1. The van der Waals surface area contributed by atoms with E-state index in [1.807, 2.05) is 24.3 Å². The molecule has 72 valence electrons. The van der Waals surface area contributed by atoms with Gasteiger partial charge in [-0.1, -0.05) is 28.1 Å². The van der Waals surface area contributed by atoms with Crippen molar-refractivity contribution in [2.45, 2.75) is 18.9 Å². The summed E-state index contributed by atoms with van der Waals surface area (Å²) in [4.78, 5) is 0. The molecule has 13 heavy (non-hydrogen) atoms. The molecule has 1 atom stereocenters. The van der Waals surface area contributed by atoms with Gasteiger partial charge >= 0.3 is 0 Å². The molecule has 3 heteroatoms. The zero-order valence-electron chi connectivity index (χ0n) is 7.28. The molecule has 1 unspecified atom stereocenters. The highest BCUT2D eigenvalue weighted by atomic mass is 79.9. The van der Waals surface area contributed by atoms with Crippen LogP contribution < -0.4 is 0 Å². The SMILES string of the molecule is OCCCC(O)c1cccc(Br)c1. The highest BCUT2D eigenvalue weighted by Crippen LogP contribution is 2.21. The van der Waals surface area contributed by atoms with Crippen LogP contribution in [0, 0.1) is 0 Å². The van der Waals surface area contributed by atoms with E-state index in [2.05, 4.69) is 15.9 Å². The van der Waals surface area contributed by atoms with E-state index in [4.69, 9.17) is 5.11 Å². The van der Waals surface area contributed by atoms with Crippen LogP contribution in [0.4, 0.5) is 0 Å². The second-order valence-electron chi connectivity index (χ2n) is 2.94. The standard InChI is InChI=1S/C10H13BrO2/c11-9-4-1-3-8(7-9)10(13)5-2-6-12/h1,3-4,7,10,12-13H,2,5-6H2. The van der Waals surface area contributed by atoms with Gasteiger partial charge in [-0.2, -0.15) is 0 Å². The minimum atomic E-state index is -0.468. The van der Waals surface area contributed by atoms with E-state index in [9.17, 15) is 5.11 Å². The van der Waals surface area contributed by atoms with Gasteiger partial charge in [-0.05, 0) is 30.5 Å². The average molecular weight is 245 g/mol. The maximum absolute atomic E-state index is 9.64. The molecule has 0 fully saturated rings. The van der Waals surface area contributed by atoms with E-state index in [-0.39, 0.29) is 6.61 Å². The van der Waals surface area contributed by atoms with Gasteiger partial charge in [-0.25, -0.2) is 0 Å². The number of halogens is 1. The van der Waals surface area contributed by atoms with Gasteiger partial charge < -0.3 is 10.2 Å². The summed E-state index contributed by atoms with van der Waals surface area (Å²) in [6.45, 7) is 0.130. The summed E-state index contributed by atoms with van der Waals surface area (Å²) in [5, 5.41) is 18.2. The fourth-order valence-corrected chi connectivity index (χ4v) is 1.58. The van der Waals surface area contributed by atoms with Gasteiger partial charge in [0.1, 0.15) is 0 Å². The maximum Gasteiger partial charge on any atom is 0.0791 e. The number of rotatable bonds is 4. The first-order valence-electron chi connectivity index (χ1n) is 4.28. The third-order valence-electron chi connectivity index (χ3n) is 1.87. The number of hydrogen-bond donors (Lipinski definition) is 2. The minimum Gasteiger partial charge on any atom is -0.396 e. The van der Waals surface area contributed by atoms with Crippen molar-refractivity contribution in [3.05, 3.63) is 34.3 Å². The highest BCUT2D eigenvalue weighted by molar-refractivity contribution is 9.10. The van der Waals surface area contributed by atoms with Crippen LogP contribution in [0.25, 0.3) is 0 Å². The van der Waals surface area contributed by atoms with E-state index >= 15 is 0 Å². The van der Waals surface area contributed by atoms with Gasteiger partial charge in [0, 0.05) is 11.1 Å².